The third-order valence-electron chi connectivity index (χ3n) is 4.08. The molecule has 1 aromatic rings. The first-order valence-electron chi connectivity index (χ1n) is 7.34. The van der Waals surface area contributed by atoms with Gasteiger partial charge in [-0.1, -0.05) is 0 Å². The smallest absolute Gasteiger partial charge is 0.323 e. The van der Waals surface area contributed by atoms with Crippen molar-refractivity contribution in [3.63, 3.8) is 0 Å². The second kappa shape index (κ2) is 5.78. The van der Waals surface area contributed by atoms with Gasteiger partial charge in [0.1, 0.15) is 0 Å². The summed E-state index contributed by atoms with van der Waals surface area (Å²) in [5.41, 5.74) is 0. The summed E-state index contributed by atoms with van der Waals surface area (Å²) in [6, 6.07) is 0.801. The molecule has 7 nitrogen and oxygen atoms in total. The van der Waals surface area contributed by atoms with Crippen LogP contribution in [0.5, 0.6) is 6.01 Å². The molecule has 1 unspecified atom stereocenters. The summed E-state index contributed by atoms with van der Waals surface area (Å²) in [4.78, 5) is 15.4. The predicted molar refractivity (Wildman–Crippen MR) is 77.1 cm³/mol. The van der Waals surface area contributed by atoms with Crippen LogP contribution in [0.4, 0.5) is 11.9 Å². The molecule has 0 aromatic carbocycles. The predicted octanol–water partition coefficient (Wildman–Crippen LogP) is 0.818. The summed E-state index contributed by atoms with van der Waals surface area (Å²) in [6.07, 6.45) is 2.53. The van der Waals surface area contributed by atoms with Crippen LogP contribution in [0.1, 0.15) is 19.8 Å². The van der Waals surface area contributed by atoms with Gasteiger partial charge >= 0.3 is 6.01 Å². The first kappa shape index (κ1) is 13.4. The maximum atomic E-state index is 5.39. The first-order chi connectivity index (χ1) is 9.78. The van der Waals surface area contributed by atoms with Crippen LogP contribution in [-0.4, -0.2) is 59.2 Å². The van der Waals surface area contributed by atoms with E-state index < -0.39 is 0 Å². The van der Waals surface area contributed by atoms with Crippen LogP contribution in [-0.2, 0) is 0 Å². The molecule has 1 atom stereocenters. The summed E-state index contributed by atoms with van der Waals surface area (Å²) >= 11 is 0. The van der Waals surface area contributed by atoms with E-state index >= 15 is 0 Å². The van der Waals surface area contributed by atoms with Crippen LogP contribution >= 0.6 is 0 Å². The second-order valence-electron chi connectivity index (χ2n) is 5.34. The fourth-order valence-corrected chi connectivity index (χ4v) is 3.02. The lowest BCUT2D eigenvalue weighted by Gasteiger charge is -2.44. The monoisotopic (exact) mass is 278 g/mol. The number of piperidine rings is 3. The molecule has 4 rings (SSSR count). The maximum Gasteiger partial charge on any atom is 0.323 e. The Labute approximate surface area is 119 Å². The molecule has 0 aliphatic carbocycles. The van der Waals surface area contributed by atoms with Crippen LogP contribution < -0.4 is 15.4 Å². The minimum Gasteiger partial charge on any atom is -0.464 e. The number of ether oxygens (including phenoxy) is 1. The van der Waals surface area contributed by atoms with E-state index in [1.165, 1.54) is 25.9 Å². The third kappa shape index (κ3) is 2.77. The number of fused-ring (bicyclic) bond motifs is 3. The summed E-state index contributed by atoms with van der Waals surface area (Å²) in [5, 5.41) is 6.41. The Kier molecular flexibility index (Phi) is 3.86. The summed E-state index contributed by atoms with van der Waals surface area (Å²) < 4.78 is 5.39. The zero-order valence-electron chi connectivity index (χ0n) is 12.1. The van der Waals surface area contributed by atoms with Crippen LogP contribution in [0.25, 0.3) is 0 Å². The average Bonchev–Trinajstić information content (AvgIpc) is 2.48. The van der Waals surface area contributed by atoms with E-state index in [0.717, 1.165) is 12.5 Å². The van der Waals surface area contributed by atoms with Crippen molar-refractivity contribution in [3.8, 4) is 6.01 Å². The molecule has 1 aromatic heterocycles. The molecule has 110 valence electrons. The van der Waals surface area contributed by atoms with Crippen LogP contribution in [0.2, 0.25) is 0 Å². The van der Waals surface area contributed by atoms with Gasteiger partial charge in [-0.15, -0.1) is 0 Å². The molecule has 3 saturated heterocycles. The quantitative estimate of drug-likeness (QED) is 0.825. The molecule has 4 heterocycles. The van der Waals surface area contributed by atoms with Crippen LogP contribution in [0.15, 0.2) is 0 Å². The summed E-state index contributed by atoms with van der Waals surface area (Å²) in [7, 11) is 1.79. The van der Waals surface area contributed by atoms with Gasteiger partial charge in [0.05, 0.1) is 6.61 Å². The molecule has 0 amide bonds. The van der Waals surface area contributed by atoms with Gasteiger partial charge in [-0.05, 0) is 38.8 Å². The SMILES string of the molecule is CCOc1nc(NC)nc(NC2CN3CCC2CC3)n1. The lowest BCUT2D eigenvalue weighted by molar-refractivity contribution is 0.0971. The molecule has 3 aliphatic rings. The Balaban J connectivity index is 1.74. The van der Waals surface area contributed by atoms with E-state index in [-0.39, 0.29) is 0 Å². The third-order valence-corrected chi connectivity index (χ3v) is 4.08. The highest BCUT2D eigenvalue weighted by atomic mass is 16.5. The number of rotatable bonds is 5. The molecule has 7 heteroatoms. The van der Waals surface area contributed by atoms with Crippen molar-refractivity contribution in [2.75, 3.05) is 43.9 Å². The van der Waals surface area contributed by atoms with Gasteiger partial charge < -0.3 is 20.3 Å². The highest BCUT2D eigenvalue weighted by molar-refractivity contribution is 5.36. The highest BCUT2D eigenvalue weighted by Crippen LogP contribution is 2.29. The Morgan fingerprint density at radius 3 is 2.55 bits per heavy atom. The van der Waals surface area contributed by atoms with E-state index in [1.807, 2.05) is 6.92 Å². The Hall–Kier alpha value is -1.63. The standard InChI is InChI=1S/C13H22N6O/c1-3-20-13-17-11(14-2)16-12(18-13)15-10-8-19-6-4-9(10)5-7-19/h9-10H,3-8H2,1-2H3,(H2,14,15,16,17,18). The van der Waals surface area contributed by atoms with Crippen molar-refractivity contribution in [1.82, 2.24) is 19.9 Å². The number of nitrogens with one attached hydrogen (secondary N) is 2. The second-order valence-corrected chi connectivity index (χ2v) is 5.34. The van der Waals surface area contributed by atoms with Gasteiger partial charge in [0, 0.05) is 19.6 Å². The first-order valence-corrected chi connectivity index (χ1v) is 7.34. The topological polar surface area (TPSA) is 75.2 Å². The van der Waals surface area contributed by atoms with Crippen molar-refractivity contribution in [2.24, 2.45) is 5.92 Å². The summed E-state index contributed by atoms with van der Waals surface area (Å²) in [6.45, 7) is 6.00. The van der Waals surface area contributed by atoms with Crippen molar-refractivity contribution in [1.29, 1.82) is 0 Å². The largest absolute Gasteiger partial charge is 0.464 e. The average molecular weight is 278 g/mol. The molecule has 0 spiro atoms. The molecular formula is C13H22N6O. The fourth-order valence-electron chi connectivity index (χ4n) is 3.02. The zero-order chi connectivity index (χ0) is 13.9. The van der Waals surface area contributed by atoms with Gasteiger partial charge in [0.25, 0.3) is 0 Å². The molecule has 0 radical (unpaired) electrons. The van der Waals surface area contributed by atoms with Gasteiger partial charge in [-0.3, -0.25) is 0 Å². The molecule has 3 aliphatic heterocycles. The number of anilines is 2. The Bertz CT molecular complexity index is 460. The van der Waals surface area contributed by atoms with Gasteiger partial charge in [0.15, 0.2) is 0 Å². The van der Waals surface area contributed by atoms with E-state index in [0.29, 0.717) is 30.6 Å². The molecule has 20 heavy (non-hydrogen) atoms. The Morgan fingerprint density at radius 2 is 1.95 bits per heavy atom. The number of aromatic nitrogens is 3. The molecule has 2 N–H and O–H groups in total. The summed E-state index contributed by atoms with van der Waals surface area (Å²) in [5.74, 6) is 1.86. The molecule has 3 fully saturated rings. The van der Waals surface area contributed by atoms with Crippen molar-refractivity contribution in [2.45, 2.75) is 25.8 Å². The van der Waals surface area contributed by atoms with Crippen LogP contribution in [0.3, 0.4) is 0 Å². The number of hydrogen-bond donors (Lipinski definition) is 2. The van der Waals surface area contributed by atoms with E-state index in [2.05, 4.69) is 30.5 Å². The number of nitrogens with zero attached hydrogens (tertiary/aromatic N) is 4. The van der Waals surface area contributed by atoms with Gasteiger partial charge in [-0.25, -0.2) is 0 Å². The molecular weight excluding hydrogens is 256 g/mol. The van der Waals surface area contributed by atoms with Crippen molar-refractivity contribution >= 4 is 11.9 Å². The van der Waals surface area contributed by atoms with E-state index in [9.17, 15) is 0 Å². The Morgan fingerprint density at radius 1 is 1.20 bits per heavy atom. The minimum atomic E-state index is 0.371. The van der Waals surface area contributed by atoms with Gasteiger partial charge in [-0.2, -0.15) is 15.0 Å². The van der Waals surface area contributed by atoms with Crippen molar-refractivity contribution in [3.05, 3.63) is 0 Å². The minimum absolute atomic E-state index is 0.371. The number of hydrogen-bond acceptors (Lipinski definition) is 7. The molecule has 0 saturated carbocycles. The lowest BCUT2D eigenvalue weighted by Crippen LogP contribution is -2.53. The lowest BCUT2D eigenvalue weighted by atomic mass is 9.84. The van der Waals surface area contributed by atoms with Crippen LogP contribution in [0, 0.1) is 5.92 Å². The normalized spacial score (nSPS) is 28.2. The van der Waals surface area contributed by atoms with E-state index in [4.69, 9.17) is 4.74 Å². The van der Waals surface area contributed by atoms with Gasteiger partial charge in [0.2, 0.25) is 11.9 Å². The maximum absolute atomic E-state index is 5.39. The van der Waals surface area contributed by atoms with E-state index in [1.54, 1.807) is 7.05 Å². The van der Waals surface area contributed by atoms with Crippen molar-refractivity contribution < 1.29 is 4.74 Å². The fraction of sp³-hybridized carbons (Fsp3) is 0.769. The zero-order valence-corrected chi connectivity index (χ0v) is 12.1. The highest BCUT2D eigenvalue weighted by Gasteiger charge is 2.34. The molecule has 2 bridgehead atoms.